The smallest absolute Gasteiger partial charge is 0.212 e. The maximum absolute atomic E-state index is 14.7. The fourth-order valence-corrected chi connectivity index (χ4v) is 4.54. The number of anilines is 2. The lowest BCUT2D eigenvalue weighted by Crippen LogP contribution is -2.51. The maximum atomic E-state index is 14.7. The molecule has 41 heavy (non-hydrogen) atoms. The van der Waals surface area contributed by atoms with Gasteiger partial charge in [-0.15, -0.1) is 0 Å². The first-order valence-electron chi connectivity index (χ1n) is 13.5. The molecule has 1 aromatic rings. The number of nitrogens with zero attached hydrogens (tertiary/aromatic N) is 2. The summed E-state index contributed by atoms with van der Waals surface area (Å²) in [6.45, 7) is 10.1. The van der Waals surface area contributed by atoms with Crippen LogP contribution in [-0.2, 0) is 14.2 Å². The van der Waals surface area contributed by atoms with Gasteiger partial charge in [0.25, 0.3) is 0 Å². The summed E-state index contributed by atoms with van der Waals surface area (Å²) in [5, 5.41) is 5.88. The molecule has 8 nitrogen and oxygen atoms in total. The van der Waals surface area contributed by atoms with Crippen molar-refractivity contribution < 1.29 is 27.7 Å². The van der Waals surface area contributed by atoms with Crippen LogP contribution in [0.2, 0.25) is 0 Å². The summed E-state index contributed by atoms with van der Waals surface area (Å²) in [5.41, 5.74) is 1.86. The summed E-state index contributed by atoms with van der Waals surface area (Å²) in [6, 6.07) is 8.17. The lowest BCUT2D eigenvalue weighted by Gasteiger charge is -2.48. The van der Waals surface area contributed by atoms with Gasteiger partial charge in [0.2, 0.25) is 5.96 Å². The standard InChI is InChI=1S/C31H40F2N4O4/c1-7-24(41-19-25(26(32)8-2)27(33)16-22(4)38-5)18-35-30(34-9-3)36-23-10-11-28(29(17-23)39-6)37-14-12-31(13-15-37)20-40-21-31/h3,8,10-11,16-18,27H,2,7,12-15,19-21H2,1,4-6H3,(H2,34,35,36)/b22-16?,24-18+,26-25+. The highest BCUT2D eigenvalue weighted by Crippen LogP contribution is 2.41. The number of alkyl halides is 1. The first-order chi connectivity index (χ1) is 19.8. The van der Waals surface area contributed by atoms with E-state index in [1.165, 1.54) is 19.4 Å². The molecule has 0 saturated carbocycles. The van der Waals surface area contributed by atoms with Crippen LogP contribution in [0.1, 0.15) is 33.1 Å². The Morgan fingerprint density at radius 3 is 2.61 bits per heavy atom. The molecule has 1 spiro atoms. The van der Waals surface area contributed by atoms with Crippen molar-refractivity contribution in [3.8, 4) is 18.2 Å². The number of rotatable bonds is 12. The monoisotopic (exact) mass is 570 g/mol. The number of benzene rings is 1. The zero-order chi connectivity index (χ0) is 29.8. The molecule has 1 unspecified atom stereocenters. The van der Waals surface area contributed by atoms with E-state index in [4.69, 9.17) is 25.4 Å². The highest BCUT2D eigenvalue weighted by Gasteiger charge is 2.41. The van der Waals surface area contributed by atoms with E-state index in [1.807, 2.05) is 25.1 Å². The molecule has 10 heteroatoms. The van der Waals surface area contributed by atoms with E-state index in [1.54, 1.807) is 14.0 Å². The number of ether oxygens (including phenoxy) is 4. The largest absolute Gasteiger partial charge is 0.502 e. The molecule has 0 aromatic heterocycles. The number of guanidine groups is 1. The number of aliphatic imine (C=N–C) groups is 1. The van der Waals surface area contributed by atoms with Crippen molar-refractivity contribution in [3.05, 3.63) is 66.0 Å². The van der Waals surface area contributed by atoms with E-state index in [2.05, 4.69) is 33.1 Å². The Morgan fingerprint density at radius 2 is 2.05 bits per heavy atom. The third-order valence-corrected chi connectivity index (χ3v) is 7.24. The van der Waals surface area contributed by atoms with Crippen molar-refractivity contribution >= 4 is 17.3 Å². The molecule has 2 aliphatic heterocycles. The minimum atomic E-state index is -1.74. The first-order valence-corrected chi connectivity index (χ1v) is 13.5. The fraction of sp³-hybridized carbons (Fsp3) is 0.452. The molecule has 0 bridgehead atoms. The van der Waals surface area contributed by atoms with Gasteiger partial charge in [-0.1, -0.05) is 19.9 Å². The lowest BCUT2D eigenvalue weighted by molar-refractivity contribution is -0.124. The van der Waals surface area contributed by atoms with Crippen LogP contribution in [0.25, 0.3) is 0 Å². The number of hydrogen-bond donors (Lipinski definition) is 2. The molecule has 2 N–H and O–H groups in total. The van der Waals surface area contributed by atoms with Gasteiger partial charge in [0.1, 0.15) is 30.1 Å². The summed E-state index contributed by atoms with van der Waals surface area (Å²) in [4.78, 5) is 6.71. The predicted octanol–water partition coefficient (Wildman–Crippen LogP) is 5.83. The van der Waals surface area contributed by atoms with E-state index in [9.17, 15) is 8.78 Å². The summed E-state index contributed by atoms with van der Waals surface area (Å²) in [7, 11) is 3.05. The van der Waals surface area contributed by atoms with E-state index in [0.29, 0.717) is 29.0 Å². The molecule has 2 saturated heterocycles. The minimum Gasteiger partial charge on any atom is -0.502 e. The Labute approximate surface area is 241 Å². The van der Waals surface area contributed by atoms with Crippen LogP contribution in [0.15, 0.2) is 71.0 Å². The van der Waals surface area contributed by atoms with Gasteiger partial charge in [0.15, 0.2) is 0 Å². The average molecular weight is 571 g/mol. The van der Waals surface area contributed by atoms with Gasteiger partial charge in [-0.3, -0.25) is 5.32 Å². The molecule has 0 aliphatic carbocycles. The van der Waals surface area contributed by atoms with Crippen molar-refractivity contribution in [2.24, 2.45) is 10.4 Å². The Morgan fingerprint density at radius 1 is 1.32 bits per heavy atom. The molecule has 1 atom stereocenters. The molecule has 0 radical (unpaired) electrons. The van der Waals surface area contributed by atoms with Crippen molar-refractivity contribution in [3.63, 3.8) is 0 Å². The van der Waals surface area contributed by atoms with Crippen LogP contribution < -0.4 is 20.3 Å². The van der Waals surface area contributed by atoms with Crippen molar-refractivity contribution in [2.75, 3.05) is 57.3 Å². The molecule has 1 aromatic carbocycles. The van der Waals surface area contributed by atoms with Crippen LogP contribution >= 0.6 is 0 Å². The number of methoxy groups -OCH3 is 2. The predicted molar refractivity (Wildman–Crippen MR) is 159 cm³/mol. The second-order valence-corrected chi connectivity index (χ2v) is 9.94. The highest BCUT2D eigenvalue weighted by atomic mass is 19.1. The van der Waals surface area contributed by atoms with Crippen LogP contribution in [0.5, 0.6) is 5.75 Å². The van der Waals surface area contributed by atoms with Crippen LogP contribution in [0.3, 0.4) is 0 Å². The van der Waals surface area contributed by atoms with Gasteiger partial charge in [-0.05, 0) is 44.1 Å². The van der Waals surface area contributed by atoms with Crippen molar-refractivity contribution in [2.45, 2.75) is 39.3 Å². The maximum Gasteiger partial charge on any atom is 0.212 e. The molecule has 0 amide bonds. The molecular formula is C31H40F2N4O4. The summed E-state index contributed by atoms with van der Waals surface area (Å²) >= 11 is 0. The quantitative estimate of drug-likeness (QED) is 0.0818. The number of nitrogens with one attached hydrogen (secondary N) is 2. The third-order valence-electron chi connectivity index (χ3n) is 7.24. The van der Waals surface area contributed by atoms with Crippen molar-refractivity contribution in [1.29, 1.82) is 0 Å². The van der Waals surface area contributed by atoms with Gasteiger partial charge in [-0.25, -0.2) is 13.8 Å². The van der Waals surface area contributed by atoms with Crippen LogP contribution in [-0.4, -0.2) is 59.3 Å². The second-order valence-electron chi connectivity index (χ2n) is 9.94. The van der Waals surface area contributed by atoms with E-state index in [-0.39, 0.29) is 18.1 Å². The molecule has 3 rings (SSSR count). The van der Waals surface area contributed by atoms with Crippen molar-refractivity contribution in [1.82, 2.24) is 5.32 Å². The van der Waals surface area contributed by atoms with Gasteiger partial charge in [-0.2, -0.15) is 0 Å². The normalized spacial score (nSPS) is 18.5. The fourth-order valence-electron chi connectivity index (χ4n) is 4.54. The zero-order valence-corrected chi connectivity index (χ0v) is 24.3. The number of piperidine rings is 1. The Hall–Kier alpha value is -3.97. The number of allylic oxidation sites excluding steroid dienone is 5. The lowest BCUT2D eigenvalue weighted by atomic mass is 9.77. The SMILES string of the molecule is C#CN/C(=N\C=C(/CC)OC/C(=C(\F)C=C)C(F)C=C(C)OC)Nc1ccc(N2CCC3(CC2)COC3)c(OC)c1. The Balaban J connectivity index is 1.71. The molecule has 222 valence electrons. The van der Waals surface area contributed by atoms with Gasteiger partial charge < -0.3 is 29.2 Å². The molecule has 2 aliphatic rings. The topological polar surface area (TPSA) is 76.6 Å². The zero-order valence-electron chi connectivity index (χ0n) is 24.3. The number of halogens is 2. The third kappa shape index (κ3) is 8.51. The van der Waals surface area contributed by atoms with E-state index >= 15 is 0 Å². The summed E-state index contributed by atoms with van der Waals surface area (Å²) in [6.07, 6.45) is 9.90. The average Bonchev–Trinajstić information content (AvgIpc) is 2.97. The molecule has 2 heterocycles. The van der Waals surface area contributed by atoms with E-state index in [0.717, 1.165) is 56.7 Å². The summed E-state index contributed by atoms with van der Waals surface area (Å²) in [5.74, 6) is 0.899. The summed E-state index contributed by atoms with van der Waals surface area (Å²) < 4.78 is 50.9. The number of hydrogen-bond acceptors (Lipinski definition) is 6. The molecule has 2 fully saturated rings. The van der Waals surface area contributed by atoms with Gasteiger partial charge in [0, 0.05) is 48.3 Å². The molecular weight excluding hydrogens is 530 g/mol. The van der Waals surface area contributed by atoms with Gasteiger partial charge >= 0.3 is 0 Å². The Kier molecular flexibility index (Phi) is 11.7. The highest BCUT2D eigenvalue weighted by molar-refractivity contribution is 5.95. The first kappa shape index (κ1) is 31.6. The van der Waals surface area contributed by atoms with Crippen LogP contribution in [0, 0.1) is 17.9 Å². The second kappa shape index (κ2) is 15.1. The van der Waals surface area contributed by atoms with Gasteiger partial charge in [0.05, 0.1) is 45.1 Å². The van der Waals surface area contributed by atoms with Crippen LogP contribution in [0.4, 0.5) is 20.2 Å². The Bertz CT molecular complexity index is 1220. The minimum absolute atomic E-state index is 0.211. The number of terminal acetylenes is 1. The van der Waals surface area contributed by atoms with E-state index < -0.39 is 12.0 Å².